The van der Waals surface area contributed by atoms with Crippen LogP contribution in [0.15, 0.2) is 27.6 Å². The van der Waals surface area contributed by atoms with E-state index >= 15 is 0 Å². The second kappa shape index (κ2) is 6.88. The van der Waals surface area contributed by atoms with Crippen molar-refractivity contribution in [2.45, 2.75) is 40.0 Å². The number of furan rings is 1. The van der Waals surface area contributed by atoms with Crippen molar-refractivity contribution in [3.05, 3.63) is 50.8 Å². The number of aliphatic hydroxyl groups excluding tert-OH is 1. The van der Waals surface area contributed by atoms with E-state index in [1.54, 1.807) is 13.2 Å². The molecule has 1 unspecified atom stereocenters. The molecule has 24 heavy (non-hydrogen) atoms. The van der Waals surface area contributed by atoms with E-state index in [0.29, 0.717) is 30.8 Å². The lowest BCUT2D eigenvalue weighted by molar-refractivity contribution is 0.111. The van der Waals surface area contributed by atoms with Crippen LogP contribution in [0.1, 0.15) is 28.9 Å². The van der Waals surface area contributed by atoms with Crippen molar-refractivity contribution in [2.24, 2.45) is 0 Å². The number of thiophene rings is 1. The Morgan fingerprint density at radius 3 is 2.88 bits per heavy atom. The Bertz CT molecular complexity index is 881. The van der Waals surface area contributed by atoms with E-state index in [1.807, 2.05) is 30.9 Å². The Kier molecular flexibility index (Phi) is 4.84. The summed E-state index contributed by atoms with van der Waals surface area (Å²) in [4.78, 5) is 23.7. The molecule has 3 aromatic heterocycles. The van der Waals surface area contributed by atoms with E-state index < -0.39 is 6.10 Å². The van der Waals surface area contributed by atoms with Crippen LogP contribution in [0.3, 0.4) is 0 Å². The molecule has 2 N–H and O–H groups in total. The molecule has 7 heteroatoms. The van der Waals surface area contributed by atoms with Crippen molar-refractivity contribution in [2.75, 3.05) is 6.54 Å². The minimum Gasteiger partial charge on any atom is -0.468 e. The van der Waals surface area contributed by atoms with Crippen LogP contribution in [0.5, 0.6) is 0 Å². The zero-order valence-corrected chi connectivity index (χ0v) is 14.8. The van der Waals surface area contributed by atoms with Crippen LogP contribution in [0.25, 0.3) is 10.2 Å². The molecule has 0 radical (unpaired) electrons. The lowest BCUT2D eigenvalue weighted by Crippen LogP contribution is -2.31. The quantitative estimate of drug-likeness (QED) is 0.716. The first-order valence-corrected chi connectivity index (χ1v) is 8.67. The largest absolute Gasteiger partial charge is 0.468 e. The second-order valence-electron chi connectivity index (χ2n) is 6.07. The van der Waals surface area contributed by atoms with E-state index in [4.69, 9.17) is 4.42 Å². The normalized spacial score (nSPS) is 13.0. The van der Waals surface area contributed by atoms with Crippen LogP contribution in [-0.2, 0) is 13.1 Å². The fourth-order valence-corrected chi connectivity index (χ4v) is 3.82. The maximum atomic E-state index is 12.4. The van der Waals surface area contributed by atoms with Crippen molar-refractivity contribution in [3.8, 4) is 0 Å². The van der Waals surface area contributed by atoms with Gasteiger partial charge in [0.15, 0.2) is 0 Å². The summed E-state index contributed by atoms with van der Waals surface area (Å²) in [6, 6.07) is 3.72. The van der Waals surface area contributed by atoms with E-state index in [2.05, 4.69) is 9.97 Å². The Morgan fingerprint density at radius 1 is 1.42 bits per heavy atom. The number of rotatable bonds is 6. The van der Waals surface area contributed by atoms with Gasteiger partial charge in [0.1, 0.15) is 16.4 Å². The Morgan fingerprint density at radius 2 is 2.21 bits per heavy atom. The number of hydrogen-bond acceptors (Lipinski definition) is 6. The van der Waals surface area contributed by atoms with E-state index in [9.17, 15) is 9.90 Å². The summed E-state index contributed by atoms with van der Waals surface area (Å²) >= 11 is 1.54. The molecule has 0 fully saturated rings. The highest BCUT2D eigenvalue weighted by Gasteiger charge is 2.16. The van der Waals surface area contributed by atoms with Gasteiger partial charge in [-0.05, 0) is 38.5 Å². The Hall–Kier alpha value is -1.96. The first-order valence-electron chi connectivity index (χ1n) is 7.85. The molecule has 0 aliphatic carbocycles. The molecule has 128 valence electrons. The standard InChI is InChI=1S/C17H21N3O3S/c1-10(21)7-20(8-13-5-4-6-23-13)9-14-18-16(22)15-11(2)12(3)24-17(15)19-14/h4-6,10,21H,7-9H2,1-3H3,(H,18,19,22). The highest BCUT2D eigenvalue weighted by atomic mass is 32.1. The molecular formula is C17H21N3O3S. The van der Waals surface area contributed by atoms with Crippen molar-refractivity contribution in [1.29, 1.82) is 0 Å². The monoisotopic (exact) mass is 347 g/mol. The number of aromatic nitrogens is 2. The first kappa shape index (κ1) is 16.9. The number of aryl methyl sites for hydroxylation is 2. The molecule has 0 amide bonds. The maximum absolute atomic E-state index is 12.4. The van der Waals surface area contributed by atoms with Crippen LogP contribution >= 0.6 is 11.3 Å². The SMILES string of the molecule is Cc1sc2nc(CN(Cc3ccco3)CC(C)O)[nH]c(=O)c2c1C. The van der Waals surface area contributed by atoms with Crippen LogP contribution in [-0.4, -0.2) is 32.6 Å². The highest BCUT2D eigenvalue weighted by molar-refractivity contribution is 7.18. The molecule has 3 heterocycles. The predicted octanol–water partition coefficient (Wildman–Crippen LogP) is 2.58. The molecule has 6 nitrogen and oxygen atoms in total. The van der Waals surface area contributed by atoms with Gasteiger partial charge in [-0.3, -0.25) is 9.69 Å². The third-order valence-corrected chi connectivity index (χ3v) is 5.04. The molecule has 0 aliphatic rings. The maximum Gasteiger partial charge on any atom is 0.259 e. The van der Waals surface area contributed by atoms with Crippen molar-refractivity contribution in [3.63, 3.8) is 0 Å². The van der Waals surface area contributed by atoms with Gasteiger partial charge in [0.05, 0.1) is 30.8 Å². The van der Waals surface area contributed by atoms with Gasteiger partial charge in [0, 0.05) is 11.4 Å². The number of aliphatic hydroxyl groups is 1. The van der Waals surface area contributed by atoms with Crippen LogP contribution in [0.2, 0.25) is 0 Å². The number of nitrogens with zero attached hydrogens (tertiary/aromatic N) is 2. The van der Waals surface area contributed by atoms with E-state index in [1.165, 1.54) is 11.3 Å². The van der Waals surface area contributed by atoms with Crippen molar-refractivity contribution >= 4 is 21.6 Å². The molecule has 1 atom stereocenters. The lowest BCUT2D eigenvalue weighted by atomic mass is 10.2. The number of nitrogens with one attached hydrogen (secondary N) is 1. The predicted molar refractivity (Wildman–Crippen MR) is 94.2 cm³/mol. The Labute approximate surface area is 143 Å². The number of hydrogen-bond donors (Lipinski definition) is 2. The number of aromatic amines is 1. The Balaban J connectivity index is 1.88. The minimum atomic E-state index is -0.485. The molecule has 3 rings (SSSR count). The summed E-state index contributed by atoms with van der Waals surface area (Å²) in [5, 5.41) is 10.4. The molecule has 0 aromatic carbocycles. The molecule has 0 saturated heterocycles. The summed E-state index contributed by atoms with van der Waals surface area (Å²) in [7, 11) is 0. The van der Waals surface area contributed by atoms with Gasteiger partial charge in [-0.15, -0.1) is 11.3 Å². The third-order valence-electron chi connectivity index (χ3n) is 3.94. The van der Waals surface area contributed by atoms with Crippen LogP contribution in [0.4, 0.5) is 0 Å². The molecule has 0 spiro atoms. The average molecular weight is 347 g/mol. The summed E-state index contributed by atoms with van der Waals surface area (Å²) in [6.07, 6.45) is 1.14. The van der Waals surface area contributed by atoms with Crippen molar-refractivity contribution in [1.82, 2.24) is 14.9 Å². The topological polar surface area (TPSA) is 82.4 Å². The first-order chi connectivity index (χ1) is 11.4. The van der Waals surface area contributed by atoms with E-state index in [0.717, 1.165) is 21.0 Å². The molecule has 0 aliphatic heterocycles. The second-order valence-corrected chi connectivity index (χ2v) is 7.28. The highest BCUT2D eigenvalue weighted by Crippen LogP contribution is 2.25. The fraction of sp³-hybridized carbons (Fsp3) is 0.412. The molecule has 0 saturated carbocycles. The van der Waals surface area contributed by atoms with Gasteiger partial charge in [-0.1, -0.05) is 0 Å². The fourth-order valence-electron chi connectivity index (χ4n) is 2.77. The molecule has 0 bridgehead atoms. The van der Waals surface area contributed by atoms with Gasteiger partial charge in [0.2, 0.25) is 0 Å². The molecule has 3 aromatic rings. The third kappa shape index (κ3) is 3.58. The van der Waals surface area contributed by atoms with Gasteiger partial charge in [-0.25, -0.2) is 4.98 Å². The lowest BCUT2D eigenvalue weighted by Gasteiger charge is -2.22. The zero-order valence-electron chi connectivity index (χ0n) is 14.0. The summed E-state index contributed by atoms with van der Waals surface area (Å²) in [6.45, 7) is 7.12. The smallest absolute Gasteiger partial charge is 0.259 e. The van der Waals surface area contributed by atoms with Crippen LogP contribution < -0.4 is 5.56 Å². The van der Waals surface area contributed by atoms with Gasteiger partial charge in [-0.2, -0.15) is 0 Å². The van der Waals surface area contributed by atoms with E-state index in [-0.39, 0.29) is 5.56 Å². The van der Waals surface area contributed by atoms with Crippen LogP contribution in [0, 0.1) is 13.8 Å². The zero-order chi connectivity index (χ0) is 17.3. The van der Waals surface area contributed by atoms with Gasteiger partial charge < -0.3 is 14.5 Å². The average Bonchev–Trinajstić information content (AvgIpc) is 3.07. The summed E-state index contributed by atoms with van der Waals surface area (Å²) in [5.41, 5.74) is 0.888. The summed E-state index contributed by atoms with van der Waals surface area (Å²) in [5.74, 6) is 1.41. The minimum absolute atomic E-state index is 0.105. The molecular weight excluding hydrogens is 326 g/mol. The van der Waals surface area contributed by atoms with Crippen molar-refractivity contribution < 1.29 is 9.52 Å². The summed E-state index contributed by atoms with van der Waals surface area (Å²) < 4.78 is 5.38. The van der Waals surface area contributed by atoms with Gasteiger partial charge in [0.25, 0.3) is 5.56 Å². The number of H-pyrrole nitrogens is 1. The number of fused-ring (bicyclic) bond motifs is 1. The van der Waals surface area contributed by atoms with Gasteiger partial charge >= 0.3 is 0 Å².